The first kappa shape index (κ1) is 8.76. The molecule has 0 aromatic rings. The highest BCUT2D eigenvalue weighted by Gasteiger charge is 2.22. The molecular weight excluding hydrogens is 136 g/mol. The average Bonchev–Trinajstić information content (AvgIpc) is 2.05. The maximum absolute atomic E-state index is 10.9. The highest BCUT2D eigenvalue weighted by Crippen LogP contribution is 2.30. The first-order valence-electron chi connectivity index (χ1n) is 4.59. The first-order chi connectivity index (χ1) is 5.24. The van der Waals surface area contributed by atoms with Crippen molar-refractivity contribution < 1.29 is 4.79 Å². The monoisotopic (exact) mass is 153 g/mol. The van der Waals surface area contributed by atoms with Crippen LogP contribution in [0.2, 0.25) is 0 Å². The van der Waals surface area contributed by atoms with E-state index < -0.39 is 0 Å². The van der Waals surface area contributed by atoms with Crippen molar-refractivity contribution in [2.75, 3.05) is 0 Å². The molecule has 1 radical (unpaired) electrons. The van der Waals surface area contributed by atoms with Gasteiger partial charge in [-0.3, -0.25) is 4.79 Å². The molecule has 0 aliphatic heterocycles. The van der Waals surface area contributed by atoms with E-state index in [0.717, 1.165) is 18.8 Å². The molecule has 0 saturated heterocycles. The van der Waals surface area contributed by atoms with E-state index in [4.69, 9.17) is 0 Å². The van der Waals surface area contributed by atoms with Crippen molar-refractivity contribution in [3.63, 3.8) is 0 Å². The summed E-state index contributed by atoms with van der Waals surface area (Å²) in [6.07, 6.45) is 5.92. The van der Waals surface area contributed by atoms with Crippen molar-refractivity contribution in [1.29, 1.82) is 0 Å². The van der Waals surface area contributed by atoms with Gasteiger partial charge in [0.2, 0.25) is 0 Å². The lowest BCUT2D eigenvalue weighted by atomic mass is 9.79. The Morgan fingerprint density at radius 1 is 1.36 bits per heavy atom. The molecule has 0 spiro atoms. The van der Waals surface area contributed by atoms with Gasteiger partial charge >= 0.3 is 0 Å². The molecule has 0 N–H and O–H groups in total. The summed E-state index contributed by atoms with van der Waals surface area (Å²) in [4.78, 5) is 10.9. The fourth-order valence-electron chi connectivity index (χ4n) is 1.89. The van der Waals surface area contributed by atoms with Gasteiger partial charge in [0.05, 0.1) is 0 Å². The van der Waals surface area contributed by atoms with Crippen LogP contribution >= 0.6 is 0 Å². The van der Waals surface area contributed by atoms with Gasteiger partial charge in [-0.25, -0.2) is 0 Å². The minimum Gasteiger partial charge on any atom is -0.299 e. The lowest BCUT2D eigenvalue weighted by Crippen LogP contribution is -2.19. The molecule has 1 fully saturated rings. The molecule has 1 aliphatic rings. The van der Waals surface area contributed by atoms with Gasteiger partial charge in [0.15, 0.2) is 0 Å². The van der Waals surface area contributed by atoms with Gasteiger partial charge in [0.25, 0.3) is 0 Å². The fourth-order valence-corrected chi connectivity index (χ4v) is 1.89. The van der Waals surface area contributed by atoms with Gasteiger partial charge < -0.3 is 0 Å². The third-order valence-corrected chi connectivity index (χ3v) is 2.88. The minimum absolute atomic E-state index is 0.152. The second-order valence-corrected chi connectivity index (χ2v) is 3.59. The number of carbonyl (C=O) groups is 1. The molecule has 0 heterocycles. The first-order valence-corrected chi connectivity index (χ1v) is 4.59. The topological polar surface area (TPSA) is 17.1 Å². The molecule has 1 nitrogen and oxygen atoms in total. The van der Waals surface area contributed by atoms with Crippen LogP contribution in [0, 0.1) is 18.8 Å². The Kier molecular flexibility index (Phi) is 3.10. The summed E-state index contributed by atoms with van der Waals surface area (Å²) in [5, 5.41) is 0. The van der Waals surface area contributed by atoms with E-state index in [1.54, 1.807) is 0 Å². The van der Waals surface area contributed by atoms with Crippen LogP contribution in [0.15, 0.2) is 0 Å². The van der Waals surface area contributed by atoms with Crippen molar-refractivity contribution in [2.45, 2.75) is 39.0 Å². The number of rotatable bonds is 2. The molecular formula is C10H17O. The van der Waals surface area contributed by atoms with E-state index in [-0.39, 0.29) is 11.7 Å². The second kappa shape index (κ2) is 3.89. The molecule has 0 amide bonds. The highest BCUT2D eigenvalue weighted by molar-refractivity contribution is 5.84. The van der Waals surface area contributed by atoms with Gasteiger partial charge in [0, 0.05) is 12.8 Å². The maximum atomic E-state index is 10.9. The van der Waals surface area contributed by atoms with E-state index in [9.17, 15) is 4.79 Å². The summed E-state index contributed by atoms with van der Waals surface area (Å²) < 4.78 is 0. The third-order valence-electron chi connectivity index (χ3n) is 2.88. The lowest BCUT2D eigenvalue weighted by Gasteiger charge is -2.25. The van der Waals surface area contributed by atoms with Gasteiger partial charge in [0.1, 0.15) is 5.78 Å². The molecule has 0 bridgehead atoms. The Morgan fingerprint density at radius 3 is 2.27 bits per heavy atom. The van der Waals surface area contributed by atoms with Crippen molar-refractivity contribution in [3.8, 4) is 0 Å². The number of hydrogen-bond acceptors (Lipinski definition) is 1. The smallest absolute Gasteiger partial charge is 0.136 e. The Balaban J connectivity index is 2.30. The third kappa shape index (κ3) is 2.32. The number of ketones is 1. The number of hydrogen-bond donors (Lipinski definition) is 0. The Hall–Kier alpha value is -0.330. The zero-order valence-electron chi connectivity index (χ0n) is 7.31. The molecule has 1 heteroatoms. The predicted molar refractivity (Wildman–Crippen MR) is 46.1 cm³/mol. The molecule has 0 unspecified atom stereocenters. The van der Waals surface area contributed by atoms with Gasteiger partial charge in [-0.15, -0.1) is 0 Å². The van der Waals surface area contributed by atoms with Crippen LogP contribution in [-0.4, -0.2) is 5.78 Å². The van der Waals surface area contributed by atoms with Crippen LogP contribution in [0.5, 0.6) is 0 Å². The van der Waals surface area contributed by atoms with Crippen molar-refractivity contribution in [2.24, 2.45) is 11.8 Å². The molecule has 0 atom stereocenters. The Labute approximate surface area is 69.2 Å². The van der Waals surface area contributed by atoms with E-state index >= 15 is 0 Å². The zero-order valence-corrected chi connectivity index (χ0v) is 7.31. The lowest BCUT2D eigenvalue weighted by molar-refractivity contribution is -0.119. The van der Waals surface area contributed by atoms with Crippen LogP contribution in [0.4, 0.5) is 0 Å². The number of Topliss-reactive ketones (excluding diaryl/α,β-unsaturated/α-hetero) is 1. The minimum atomic E-state index is 0.152. The summed E-state index contributed by atoms with van der Waals surface area (Å²) in [5.74, 6) is 1.32. The normalized spacial score (nSPS) is 31.8. The standard InChI is InChI=1S/C10H17O/c1-3-9-4-6-10(7-5-9)8(2)11/h9-10H,2-7H2,1H3. The summed E-state index contributed by atoms with van der Waals surface area (Å²) in [6, 6.07) is 0. The van der Waals surface area contributed by atoms with Crippen LogP contribution in [0.3, 0.4) is 0 Å². The quantitative estimate of drug-likeness (QED) is 0.596. The van der Waals surface area contributed by atoms with Crippen LogP contribution in [0.1, 0.15) is 39.0 Å². The van der Waals surface area contributed by atoms with E-state index in [0.29, 0.717) is 0 Å². The average molecular weight is 153 g/mol. The molecule has 1 aliphatic carbocycles. The van der Waals surface area contributed by atoms with E-state index in [2.05, 4.69) is 13.8 Å². The van der Waals surface area contributed by atoms with Crippen LogP contribution in [0.25, 0.3) is 0 Å². The SMILES string of the molecule is [CH2]C(=O)C1CCC(CC)CC1. The molecule has 11 heavy (non-hydrogen) atoms. The molecule has 0 aromatic carbocycles. The van der Waals surface area contributed by atoms with E-state index in [1.165, 1.54) is 19.3 Å². The summed E-state index contributed by atoms with van der Waals surface area (Å²) in [5.41, 5.74) is 0. The molecule has 0 aromatic heterocycles. The Morgan fingerprint density at radius 2 is 1.91 bits per heavy atom. The summed E-state index contributed by atoms with van der Waals surface area (Å²) in [6.45, 7) is 5.71. The molecule has 63 valence electrons. The van der Waals surface area contributed by atoms with Gasteiger partial charge in [-0.1, -0.05) is 13.3 Å². The summed E-state index contributed by atoms with van der Waals surface area (Å²) >= 11 is 0. The van der Waals surface area contributed by atoms with Crippen molar-refractivity contribution in [3.05, 3.63) is 6.92 Å². The predicted octanol–water partition coefficient (Wildman–Crippen LogP) is 2.61. The Bertz CT molecular complexity index is 132. The highest BCUT2D eigenvalue weighted by atomic mass is 16.1. The van der Waals surface area contributed by atoms with Crippen molar-refractivity contribution >= 4 is 5.78 Å². The largest absolute Gasteiger partial charge is 0.299 e. The maximum Gasteiger partial charge on any atom is 0.136 e. The second-order valence-electron chi connectivity index (χ2n) is 3.59. The zero-order chi connectivity index (χ0) is 8.27. The van der Waals surface area contributed by atoms with Crippen molar-refractivity contribution in [1.82, 2.24) is 0 Å². The fraction of sp³-hybridized carbons (Fsp3) is 0.800. The summed E-state index contributed by atoms with van der Waals surface area (Å²) in [7, 11) is 0. The molecule has 1 rings (SSSR count). The number of carbonyl (C=O) groups excluding carboxylic acids is 1. The van der Waals surface area contributed by atoms with Gasteiger partial charge in [-0.05, 0) is 31.6 Å². The van der Waals surface area contributed by atoms with Crippen LogP contribution < -0.4 is 0 Å². The van der Waals surface area contributed by atoms with Gasteiger partial charge in [-0.2, -0.15) is 0 Å². The van der Waals surface area contributed by atoms with E-state index in [1.807, 2.05) is 0 Å². The molecule has 1 saturated carbocycles. The van der Waals surface area contributed by atoms with Crippen LogP contribution in [-0.2, 0) is 4.79 Å².